The third-order valence-electron chi connectivity index (χ3n) is 5.80. The van der Waals surface area contributed by atoms with Crippen LogP contribution in [0.25, 0.3) is 11.1 Å². The fourth-order valence-electron chi connectivity index (χ4n) is 4.06. The van der Waals surface area contributed by atoms with E-state index in [4.69, 9.17) is 5.73 Å². The molecular formula is C22H26F3N3. The van der Waals surface area contributed by atoms with Crippen LogP contribution in [-0.4, -0.2) is 43.2 Å². The van der Waals surface area contributed by atoms with E-state index in [1.54, 1.807) is 6.07 Å². The summed E-state index contributed by atoms with van der Waals surface area (Å²) in [7, 11) is 0. The van der Waals surface area contributed by atoms with Gasteiger partial charge in [0.05, 0.1) is 5.56 Å². The summed E-state index contributed by atoms with van der Waals surface area (Å²) >= 11 is 0. The van der Waals surface area contributed by atoms with Crippen molar-refractivity contribution in [2.75, 3.05) is 26.2 Å². The number of nitrogens with one attached hydrogen (secondary N) is 1. The van der Waals surface area contributed by atoms with Gasteiger partial charge in [0, 0.05) is 37.6 Å². The Morgan fingerprint density at radius 3 is 2.54 bits per heavy atom. The van der Waals surface area contributed by atoms with Gasteiger partial charge in [-0.1, -0.05) is 36.4 Å². The third kappa shape index (κ3) is 4.57. The summed E-state index contributed by atoms with van der Waals surface area (Å²) in [5, 5.41) is 3.61. The van der Waals surface area contributed by atoms with Gasteiger partial charge < -0.3 is 16.0 Å². The predicted octanol–water partition coefficient (Wildman–Crippen LogP) is 3.85. The number of halogens is 3. The molecular weight excluding hydrogens is 363 g/mol. The minimum atomic E-state index is -4.32. The van der Waals surface area contributed by atoms with Gasteiger partial charge in [-0.3, -0.25) is 0 Å². The van der Waals surface area contributed by atoms with Gasteiger partial charge in [0.1, 0.15) is 0 Å². The van der Waals surface area contributed by atoms with E-state index in [1.165, 1.54) is 17.7 Å². The van der Waals surface area contributed by atoms with Crippen LogP contribution in [0.5, 0.6) is 0 Å². The molecule has 0 aromatic heterocycles. The van der Waals surface area contributed by atoms with Crippen molar-refractivity contribution in [3.8, 4) is 11.1 Å². The van der Waals surface area contributed by atoms with Crippen LogP contribution in [0.4, 0.5) is 13.2 Å². The van der Waals surface area contributed by atoms with Gasteiger partial charge in [-0.05, 0) is 48.2 Å². The van der Waals surface area contributed by atoms with E-state index in [-0.39, 0.29) is 0 Å². The lowest BCUT2D eigenvalue weighted by Crippen LogP contribution is -2.33. The SMILES string of the molecule is N[C@H]1CCN(CCNC2CC2c2ccc(-c3cccc(C(F)(F)F)c3)cc2)C1. The fourth-order valence-corrected chi connectivity index (χ4v) is 4.06. The maximum Gasteiger partial charge on any atom is 0.416 e. The maximum absolute atomic E-state index is 12.9. The molecule has 0 spiro atoms. The quantitative estimate of drug-likeness (QED) is 0.789. The summed E-state index contributed by atoms with van der Waals surface area (Å²) in [5.74, 6) is 0.497. The Bertz CT molecular complexity index is 803. The molecule has 150 valence electrons. The Balaban J connectivity index is 1.31. The summed E-state index contributed by atoms with van der Waals surface area (Å²) in [4.78, 5) is 2.40. The molecule has 2 fully saturated rings. The lowest BCUT2D eigenvalue weighted by molar-refractivity contribution is -0.137. The molecule has 2 unspecified atom stereocenters. The Kier molecular flexibility index (Phi) is 5.45. The van der Waals surface area contributed by atoms with E-state index in [0.717, 1.165) is 50.7 Å². The van der Waals surface area contributed by atoms with Crippen molar-refractivity contribution in [2.45, 2.75) is 37.0 Å². The average molecular weight is 389 g/mol. The second-order valence-electron chi connectivity index (χ2n) is 7.95. The van der Waals surface area contributed by atoms with E-state index in [2.05, 4.69) is 10.2 Å². The largest absolute Gasteiger partial charge is 0.416 e. The van der Waals surface area contributed by atoms with E-state index in [1.807, 2.05) is 24.3 Å². The zero-order chi connectivity index (χ0) is 19.7. The topological polar surface area (TPSA) is 41.3 Å². The minimum Gasteiger partial charge on any atom is -0.326 e. The van der Waals surface area contributed by atoms with Crippen molar-refractivity contribution in [1.29, 1.82) is 0 Å². The Morgan fingerprint density at radius 2 is 1.86 bits per heavy atom. The molecule has 1 aliphatic heterocycles. The highest BCUT2D eigenvalue weighted by atomic mass is 19.4. The molecule has 0 amide bonds. The summed E-state index contributed by atoms with van der Waals surface area (Å²) in [5.41, 5.74) is 7.97. The molecule has 1 saturated heterocycles. The number of alkyl halides is 3. The molecule has 6 heteroatoms. The van der Waals surface area contributed by atoms with E-state index in [9.17, 15) is 13.2 Å². The molecule has 3 atom stereocenters. The van der Waals surface area contributed by atoms with Crippen LogP contribution >= 0.6 is 0 Å². The van der Waals surface area contributed by atoms with Gasteiger partial charge in [0.2, 0.25) is 0 Å². The number of likely N-dealkylation sites (tertiary alicyclic amines) is 1. The second-order valence-corrected chi connectivity index (χ2v) is 7.95. The highest BCUT2D eigenvalue weighted by Crippen LogP contribution is 2.41. The molecule has 1 saturated carbocycles. The minimum absolute atomic E-state index is 0.323. The van der Waals surface area contributed by atoms with Crippen molar-refractivity contribution in [3.05, 3.63) is 59.7 Å². The Labute approximate surface area is 163 Å². The van der Waals surface area contributed by atoms with Crippen molar-refractivity contribution in [3.63, 3.8) is 0 Å². The van der Waals surface area contributed by atoms with Crippen molar-refractivity contribution < 1.29 is 13.2 Å². The van der Waals surface area contributed by atoms with Gasteiger partial charge >= 0.3 is 6.18 Å². The first-order valence-electron chi connectivity index (χ1n) is 9.89. The zero-order valence-electron chi connectivity index (χ0n) is 15.8. The maximum atomic E-state index is 12.9. The van der Waals surface area contributed by atoms with Crippen LogP contribution in [0.1, 0.15) is 29.9 Å². The Morgan fingerprint density at radius 1 is 1.07 bits per heavy atom. The first-order chi connectivity index (χ1) is 13.4. The summed E-state index contributed by atoms with van der Waals surface area (Å²) in [6.45, 7) is 4.09. The second kappa shape index (κ2) is 7.85. The van der Waals surface area contributed by atoms with Crippen LogP contribution in [0.3, 0.4) is 0 Å². The zero-order valence-corrected chi connectivity index (χ0v) is 15.8. The van der Waals surface area contributed by atoms with Crippen molar-refractivity contribution in [2.24, 2.45) is 5.73 Å². The number of nitrogens with zero attached hydrogens (tertiary/aromatic N) is 1. The normalized spacial score (nSPS) is 25.2. The van der Waals surface area contributed by atoms with Crippen molar-refractivity contribution >= 4 is 0 Å². The van der Waals surface area contributed by atoms with E-state index in [0.29, 0.717) is 23.6 Å². The van der Waals surface area contributed by atoms with E-state index < -0.39 is 11.7 Å². The smallest absolute Gasteiger partial charge is 0.326 e. The lowest BCUT2D eigenvalue weighted by atomic mass is 10.0. The van der Waals surface area contributed by atoms with Gasteiger partial charge in [-0.25, -0.2) is 0 Å². The molecule has 1 heterocycles. The molecule has 28 heavy (non-hydrogen) atoms. The van der Waals surface area contributed by atoms with Gasteiger partial charge in [0.15, 0.2) is 0 Å². The molecule has 4 rings (SSSR count). The third-order valence-corrected chi connectivity index (χ3v) is 5.80. The number of hydrogen-bond acceptors (Lipinski definition) is 3. The van der Waals surface area contributed by atoms with Crippen LogP contribution < -0.4 is 11.1 Å². The van der Waals surface area contributed by atoms with Crippen LogP contribution in [-0.2, 0) is 6.18 Å². The number of nitrogens with two attached hydrogens (primary N) is 1. The number of hydrogen-bond donors (Lipinski definition) is 2. The first-order valence-corrected chi connectivity index (χ1v) is 9.89. The molecule has 0 radical (unpaired) electrons. The monoisotopic (exact) mass is 389 g/mol. The van der Waals surface area contributed by atoms with Gasteiger partial charge in [-0.2, -0.15) is 13.2 Å². The van der Waals surface area contributed by atoms with Gasteiger partial charge in [-0.15, -0.1) is 0 Å². The number of rotatable bonds is 6. The standard InChI is InChI=1S/C22H26F3N3/c23-22(24,25)18-3-1-2-17(12-18)15-4-6-16(7-5-15)20-13-21(20)27-9-11-28-10-8-19(26)14-28/h1-7,12,19-21,27H,8-11,13-14,26H2/t19-,20?,21?/m0/s1. The van der Waals surface area contributed by atoms with Crippen LogP contribution in [0.2, 0.25) is 0 Å². The molecule has 3 nitrogen and oxygen atoms in total. The lowest BCUT2D eigenvalue weighted by Gasteiger charge is -2.15. The molecule has 2 aromatic rings. The first kappa shape index (κ1) is 19.4. The molecule has 1 aliphatic carbocycles. The van der Waals surface area contributed by atoms with Gasteiger partial charge in [0.25, 0.3) is 0 Å². The summed E-state index contributed by atoms with van der Waals surface area (Å²) in [6.07, 6.45) is -2.12. The van der Waals surface area contributed by atoms with E-state index >= 15 is 0 Å². The molecule has 2 aromatic carbocycles. The molecule has 2 aliphatic rings. The number of benzene rings is 2. The molecule has 3 N–H and O–H groups in total. The van der Waals surface area contributed by atoms with Crippen molar-refractivity contribution in [1.82, 2.24) is 10.2 Å². The average Bonchev–Trinajstić information content (AvgIpc) is 3.33. The molecule has 0 bridgehead atoms. The highest BCUT2D eigenvalue weighted by Gasteiger charge is 2.37. The Hall–Kier alpha value is -1.89. The summed E-state index contributed by atoms with van der Waals surface area (Å²) in [6, 6.07) is 14.2. The highest BCUT2D eigenvalue weighted by molar-refractivity contribution is 5.65. The summed E-state index contributed by atoms with van der Waals surface area (Å²) < 4.78 is 38.7. The van der Waals surface area contributed by atoms with Crippen LogP contribution in [0, 0.1) is 0 Å². The van der Waals surface area contributed by atoms with Crippen LogP contribution in [0.15, 0.2) is 48.5 Å². The predicted molar refractivity (Wildman–Crippen MR) is 105 cm³/mol. The fraction of sp³-hybridized carbons (Fsp3) is 0.455.